The van der Waals surface area contributed by atoms with E-state index in [1.54, 1.807) is 24.3 Å². The summed E-state index contributed by atoms with van der Waals surface area (Å²) in [5, 5.41) is 0. The minimum Gasteiger partial charge on any atom is -0.266 e. The van der Waals surface area contributed by atoms with E-state index in [0.717, 1.165) is 18.4 Å². The molecular weight excluding hydrogens is 260 g/mol. The van der Waals surface area contributed by atoms with Crippen LogP contribution in [0.1, 0.15) is 38.7 Å². The van der Waals surface area contributed by atoms with Gasteiger partial charge in [0, 0.05) is 0 Å². The maximum Gasteiger partial charge on any atom is 0.296 e. The lowest BCUT2D eigenvalue weighted by atomic mass is 10.1. The fraction of sp³-hybridized carbons (Fsp3) is 0.467. The molecule has 0 amide bonds. The molecule has 1 aromatic carbocycles. The van der Waals surface area contributed by atoms with Crippen LogP contribution in [0.5, 0.6) is 0 Å². The van der Waals surface area contributed by atoms with E-state index in [-0.39, 0.29) is 11.5 Å². The molecule has 0 saturated heterocycles. The van der Waals surface area contributed by atoms with Crippen LogP contribution in [0.4, 0.5) is 0 Å². The first-order chi connectivity index (χ1) is 8.95. The first-order valence-electron chi connectivity index (χ1n) is 6.57. The molecule has 4 heteroatoms. The summed E-state index contributed by atoms with van der Waals surface area (Å²) in [5.74, 6) is 0. The van der Waals surface area contributed by atoms with Crippen molar-refractivity contribution < 1.29 is 12.6 Å². The Labute approximate surface area is 116 Å². The number of hydrogen-bond acceptors (Lipinski definition) is 3. The molecule has 0 saturated carbocycles. The van der Waals surface area contributed by atoms with Crippen LogP contribution in [0.15, 0.2) is 40.8 Å². The van der Waals surface area contributed by atoms with E-state index in [9.17, 15) is 8.42 Å². The normalized spacial score (nSPS) is 12.7. The van der Waals surface area contributed by atoms with E-state index in [4.69, 9.17) is 4.18 Å². The highest BCUT2D eigenvalue weighted by molar-refractivity contribution is 7.86. The Balaban J connectivity index is 2.52. The van der Waals surface area contributed by atoms with Gasteiger partial charge in [-0.1, -0.05) is 42.7 Å². The lowest BCUT2D eigenvalue weighted by Gasteiger charge is -2.05. The van der Waals surface area contributed by atoms with Crippen LogP contribution in [0, 0.1) is 6.92 Å². The van der Waals surface area contributed by atoms with Gasteiger partial charge in [0.2, 0.25) is 0 Å². The first-order valence-corrected chi connectivity index (χ1v) is 7.98. The molecule has 0 unspecified atom stereocenters. The van der Waals surface area contributed by atoms with Crippen molar-refractivity contribution in [2.75, 3.05) is 6.61 Å². The molecule has 0 radical (unpaired) electrons. The molecule has 0 N–H and O–H groups in total. The second-order valence-corrected chi connectivity index (χ2v) is 6.29. The molecule has 1 rings (SSSR count). The van der Waals surface area contributed by atoms with Gasteiger partial charge in [-0.25, -0.2) is 0 Å². The predicted octanol–water partition coefficient (Wildman–Crippen LogP) is 3.84. The molecule has 0 aliphatic carbocycles. The van der Waals surface area contributed by atoms with Gasteiger partial charge in [-0.05, 0) is 38.8 Å². The van der Waals surface area contributed by atoms with Crippen molar-refractivity contribution in [2.24, 2.45) is 0 Å². The van der Waals surface area contributed by atoms with Crippen molar-refractivity contribution in [2.45, 2.75) is 44.9 Å². The zero-order chi connectivity index (χ0) is 14.3. The van der Waals surface area contributed by atoms with Crippen LogP contribution in [0.2, 0.25) is 0 Å². The monoisotopic (exact) mass is 282 g/mol. The van der Waals surface area contributed by atoms with Crippen LogP contribution < -0.4 is 0 Å². The topological polar surface area (TPSA) is 43.4 Å². The van der Waals surface area contributed by atoms with Crippen molar-refractivity contribution >= 4 is 10.1 Å². The van der Waals surface area contributed by atoms with Gasteiger partial charge >= 0.3 is 0 Å². The summed E-state index contributed by atoms with van der Waals surface area (Å²) < 4.78 is 28.8. The third kappa shape index (κ3) is 5.57. The minimum absolute atomic E-state index is 0.192. The van der Waals surface area contributed by atoms with Crippen LogP contribution in [0.3, 0.4) is 0 Å². The Morgan fingerprint density at radius 1 is 1.26 bits per heavy atom. The van der Waals surface area contributed by atoms with E-state index < -0.39 is 10.1 Å². The van der Waals surface area contributed by atoms with Gasteiger partial charge in [-0.3, -0.25) is 4.18 Å². The molecule has 3 nitrogen and oxygen atoms in total. The maximum absolute atomic E-state index is 11.9. The van der Waals surface area contributed by atoms with Crippen molar-refractivity contribution in [3.63, 3.8) is 0 Å². The molecule has 0 atom stereocenters. The van der Waals surface area contributed by atoms with E-state index in [1.807, 2.05) is 13.0 Å². The van der Waals surface area contributed by atoms with Crippen LogP contribution in [0.25, 0.3) is 0 Å². The van der Waals surface area contributed by atoms with Gasteiger partial charge in [-0.15, -0.1) is 0 Å². The van der Waals surface area contributed by atoms with E-state index in [2.05, 4.69) is 13.8 Å². The Bertz CT molecular complexity index is 513. The summed E-state index contributed by atoms with van der Waals surface area (Å²) in [7, 11) is -3.62. The summed E-state index contributed by atoms with van der Waals surface area (Å²) in [5.41, 5.74) is 2.30. The number of aryl methyl sites for hydroxylation is 1. The molecule has 0 aliphatic heterocycles. The average Bonchev–Trinajstić information content (AvgIpc) is 2.36. The zero-order valence-corrected chi connectivity index (χ0v) is 12.7. The predicted molar refractivity (Wildman–Crippen MR) is 77.6 cm³/mol. The zero-order valence-electron chi connectivity index (χ0n) is 11.8. The lowest BCUT2D eigenvalue weighted by molar-refractivity contribution is 0.324. The standard InChI is InChI=1S/C15H22O3S/c1-4-6-13(2)7-5-12-18-19(16,17)15-10-8-14(3)9-11-15/h7-11H,4-6,12H2,1-3H3/b13-7+. The largest absolute Gasteiger partial charge is 0.296 e. The maximum atomic E-state index is 11.9. The van der Waals surface area contributed by atoms with E-state index in [0.29, 0.717) is 6.42 Å². The average molecular weight is 282 g/mol. The highest BCUT2D eigenvalue weighted by atomic mass is 32.2. The Kier molecular flexibility index (Phi) is 6.25. The second-order valence-electron chi connectivity index (χ2n) is 4.68. The van der Waals surface area contributed by atoms with Crippen molar-refractivity contribution in [3.05, 3.63) is 41.5 Å². The Morgan fingerprint density at radius 2 is 1.89 bits per heavy atom. The summed E-state index contributed by atoms with van der Waals surface area (Å²) in [6, 6.07) is 6.68. The SMILES string of the molecule is CCC/C(C)=C/CCOS(=O)(=O)c1ccc(C)cc1. The number of allylic oxidation sites excluding steroid dienone is 1. The third-order valence-corrected chi connectivity index (χ3v) is 4.13. The van der Waals surface area contributed by atoms with Gasteiger partial charge in [-0.2, -0.15) is 8.42 Å². The summed E-state index contributed by atoms with van der Waals surface area (Å²) >= 11 is 0. The van der Waals surface area contributed by atoms with Crippen LogP contribution in [-0.4, -0.2) is 15.0 Å². The molecule has 0 heterocycles. The van der Waals surface area contributed by atoms with Crippen molar-refractivity contribution in [1.82, 2.24) is 0 Å². The molecule has 0 bridgehead atoms. The molecule has 1 aromatic rings. The highest BCUT2D eigenvalue weighted by Crippen LogP contribution is 2.13. The number of rotatable bonds is 7. The summed E-state index contributed by atoms with van der Waals surface area (Å²) in [6.07, 6.45) is 4.81. The van der Waals surface area contributed by atoms with Crippen molar-refractivity contribution in [3.8, 4) is 0 Å². The Morgan fingerprint density at radius 3 is 2.47 bits per heavy atom. The molecule has 106 valence electrons. The molecular formula is C15H22O3S. The molecule has 0 aliphatic rings. The molecule has 0 fully saturated rings. The second kappa shape index (κ2) is 7.46. The summed E-state index contributed by atoms with van der Waals surface area (Å²) in [6.45, 7) is 6.28. The van der Waals surface area contributed by atoms with Gasteiger partial charge < -0.3 is 0 Å². The lowest BCUT2D eigenvalue weighted by Crippen LogP contribution is -2.07. The van der Waals surface area contributed by atoms with Gasteiger partial charge in [0.1, 0.15) is 0 Å². The molecule has 0 aromatic heterocycles. The smallest absolute Gasteiger partial charge is 0.266 e. The highest BCUT2D eigenvalue weighted by Gasteiger charge is 2.13. The number of hydrogen-bond donors (Lipinski definition) is 0. The van der Waals surface area contributed by atoms with Gasteiger partial charge in [0.25, 0.3) is 10.1 Å². The summed E-state index contributed by atoms with van der Waals surface area (Å²) in [4.78, 5) is 0.215. The fourth-order valence-corrected chi connectivity index (χ4v) is 2.65. The van der Waals surface area contributed by atoms with Crippen LogP contribution >= 0.6 is 0 Å². The third-order valence-electron chi connectivity index (χ3n) is 2.80. The molecule has 19 heavy (non-hydrogen) atoms. The first kappa shape index (κ1) is 15.9. The Hall–Kier alpha value is -1.13. The van der Waals surface area contributed by atoms with Gasteiger partial charge in [0.05, 0.1) is 11.5 Å². The van der Waals surface area contributed by atoms with E-state index in [1.165, 1.54) is 5.57 Å². The number of benzene rings is 1. The van der Waals surface area contributed by atoms with Crippen molar-refractivity contribution in [1.29, 1.82) is 0 Å². The van der Waals surface area contributed by atoms with E-state index >= 15 is 0 Å². The quantitative estimate of drug-likeness (QED) is 0.433. The van der Waals surface area contributed by atoms with Crippen LogP contribution in [-0.2, 0) is 14.3 Å². The fourth-order valence-electron chi connectivity index (χ4n) is 1.73. The van der Waals surface area contributed by atoms with Gasteiger partial charge in [0.15, 0.2) is 0 Å². The minimum atomic E-state index is -3.62. The molecule has 0 spiro atoms.